The molecule has 2 bridgehead atoms. The Morgan fingerprint density at radius 2 is 1.69 bits per heavy atom. The van der Waals surface area contributed by atoms with Crippen molar-refractivity contribution in [2.24, 2.45) is 23.2 Å². The molecule has 11 heteroatoms. The molecule has 0 spiro atoms. The highest BCUT2D eigenvalue weighted by Crippen LogP contribution is 2.64. The average Bonchev–Trinajstić information content (AvgIpc) is 3.69. The summed E-state index contributed by atoms with van der Waals surface area (Å²) in [7, 11) is -0.597. The predicted molar refractivity (Wildman–Crippen MR) is 200 cm³/mol. The van der Waals surface area contributed by atoms with E-state index in [4.69, 9.17) is 15.0 Å². The van der Waals surface area contributed by atoms with Gasteiger partial charge in [-0.3, -0.25) is 14.4 Å². The first-order valence-corrected chi connectivity index (χ1v) is 18.1. The van der Waals surface area contributed by atoms with Crippen LogP contribution in [0.4, 0.5) is 11.4 Å². The summed E-state index contributed by atoms with van der Waals surface area (Å²) in [6.45, 7) is 11.0. The van der Waals surface area contributed by atoms with Gasteiger partial charge in [-0.1, -0.05) is 64.1 Å². The van der Waals surface area contributed by atoms with Crippen LogP contribution in [-0.4, -0.2) is 53.5 Å². The summed E-state index contributed by atoms with van der Waals surface area (Å²) in [6, 6.07) is 20.3. The van der Waals surface area contributed by atoms with Crippen molar-refractivity contribution < 1.29 is 23.7 Å². The van der Waals surface area contributed by atoms with E-state index in [9.17, 15) is 14.4 Å². The largest absolute Gasteiger partial charge is 0.481 e. The van der Waals surface area contributed by atoms with Crippen LogP contribution in [0.1, 0.15) is 80.2 Å². The van der Waals surface area contributed by atoms with Gasteiger partial charge < -0.3 is 36.0 Å². The number of amides is 3. The van der Waals surface area contributed by atoms with Crippen molar-refractivity contribution in [3.05, 3.63) is 95.7 Å². The highest BCUT2D eigenvalue weighted by atomic mass is 16.7. The fourth-order valence-corrected chi connectivity index (χ4v) is 8.52. The lowest BCUT2D eigenvalue weighted by atomic mass is 9.45. The maximum Gasteiger partial charge on any atom is 0.481 e. The molecular weight excluding hydrogens is 641 g/mol. The van der Waals surface area contributed by atoms with Gasteiger partial charge in [-0.15, -0.1) is 0 Å². The molecular formula is C40H48BN5O5. The van der Waals surface area contributed by atoms with Crippen LogP contribution < -0.4 is 21.7 Å². The quantitative estimate of drug-likeness (QED) is 0.0944. The van der Waals surface area contributed by atoms with E-state index in [-0.39, 0.29) is 40.9 Å². The number of carbonyl (C=O) groups excluding carboxylic acids is 3. The number of hydrogen-bond donors (Lipinski definition) is 5. The topological polar surface area (TPSA) is 148 Å². The van der Waals surface area contributed by atoms with Crippen LogP contribution >= 0.6 is 0 Å². The van der Waals surface area contributed by atoms with E-state index >= 15 is 0 Å². The van der Waals surface area contributed by atoms with Gasteiger partial charge in [0, 0.05) is 34.6 Å². The summed E-state index contributed by atoms with van der Waals surface area (Å²) in [4.78, 5) is 44.7. The highest BCUT2D eigenvalue weighted by molar-refractivity contribution is 6.48. The number of nitrogens with two attached hydrogens (primary N) is 1. The first-order chi connectivity index (χ1) is 24.3. The van der Waals surface area contributed by atoms with Crippen molar-refractivity contribution in [3.63, 3.8) is 0 Å². The van der Waals surface area contributed by atoms with Gasteiger partial charge >= 0.3 is 7.12 Å². The first-order valence-electron chi connectivity index (χ1n) is 18.1. The monoisotopic (exact) mass is 689 g/mol. The van der Waals surface area contributed by atoms with Crippen molar-refractivity contribution in [1.29, 1.82) is 0 Å². The molecule has 3 aromatic carbocycles. The number of nitrogen functional groups attached to an aromatic ring is 1. The predicted octanol–water partition coefficient (Wildman–Crippen LogP) is 6.14. The number of rotatable bonds is 11. The molecule has 4 aromatic rings. The third kappa shape index (κ3) is 6.77. The minimum Gasteiger partial charge on any atom is -0.404 e. The summed E-state index contributed by atoms with van der Waals surface area (Å²) < 4.78 is 13.4. The fourth-order valence-electron chi connectivity index (χ4n) is 8.52. The molecule has 4 aliphatic rings. The number of para-hydroxylation sites is 3. The second kappa shape index (κ2) is 13.5. The zero-order valence-electron chi connectivity index (χ0n) is 30.0. The van der Waals surface area contributed by atoms with Gasteiger partial charge in [-0.2, -0.15) is 0 Å². The number of benzene rings is 3. The van der Waals surface area contributed by atoms with Crippen LogP contribution in [-0.2, 0) is 20.5 Å². The van der Waals surface area contributed by atoms with E-state index in [1.165, 1.54) is 6.07 Å². The molecule has 51 heavy (non-hydrogen) atoms. The average molecular weight is 690 g/mol. The molecule has 3 amide bonds. The third-order valence-corrected chi connectivity index (χ3v) is 11.5. The van der Waals surface area contributed by atoms with E-state index in [1.54, 1.807) is 42.5 Å². The standard InChI is InChI=1S/C40H48BN5O5/c1-23(2)17-34(41-50-35-29-20-27(39(29,3)4)21-40(35,5)51-41)46-38(49)33(19-26-22-43-31-15-8-6-13-28(26)31)45-37(48)25-12-10-11-24(18-25)36(47)44-32-16-9-7-14-30(32)42/h6-16,18,22-23,27,29,33-35,43H,17,19-21,42H2,1-5H3,(H,44,47)(H,45,48)(H,46,49)/t27?,29?,33-,34-,35?,40-/m0/s1. The Balaban J connectivity index is 1.12. The number of nitrogens with one attached hydrogen (secondary N) is 4. The van der Waals surface area contributed by atoms with Crippen LogP contribution in [0.2, 0.25) is 0 Å². The molecule has 1 aromatic heterocycles. The smallest absolute Gasteiger partial charge is 0.404 e. The van der Waals surface area contributed by atoms with Crippen molar-refractivity contribution in [2.45, 2.75) is 84.0 Å². The van der Waals surface area contributed by atoms with Crippen molar-refractivity contribution in [1.82, 2.24) is 15.6 Å². The normalized spacial score (nSPS) is 24.4. The van der Waals surface area contributed by atoms with Gasteiger partial charge in [0.05, 0.1) is 29.0 Å². The maximum atomic E-state index is 14.4. The van der Waals surface area contributed by atoms with Crippen molar-refractivity contribution in [3.8, 4) is 0 Å². The molecule has 8 rings (SSSR count). The molecule has 3 unspecified atom stereocenters. The molecule has 266 valence electrons. The zero-order valence-corrected chi connectivity index (χ0v) is 30.0. The zero-order chi connectivity index (χ0) is 36.1. The summed E-state index contributed by atoms with van der Waals surface area (Å²) in [5.74, 6) is -0.356. The SMILES string of the molecule is CC(C)C[C@H](NC(=O)[C@H](Cc1c[nH]c2ccccc12)NC(=O)c1cccc(C(=O)Nc2ccccc2N)c1)B1OC2C3CC(C[C@]2(C)O1)C3(C)C. The van der Waals surface area contributed by atoms with Crippen LogP contribution in [0.5, 0.6) is 0 Å². The van der Waals surface area contributed by atoms with E-state index in [0.29, 0.717) is 29.6 Å². The number of carbonyl (C=O) groups is 3. The lowest BCUT2D eigenvalue weighted by Crippen LogP contribution is -2.63. The van der Waals surface area contributed by atoms with Gasteiger partial charge in [0.15, 0.2) is 0 Å². The minimum atomic E-state index is -0.931. The van der Waals surface area contributed by atoms with E-state index in [2.05, 4.69) is 55.6 Å². The van der Waals surface area contributed by atoms with Gasteiger partial charge in [0.1, 0.15) is 6.04 Å². The summed E-state index contributed by atoms with van der Waals surface area (Å²) in [6.07, 6.45) is 4.83. The van der Waals surface area contributed by atoms with E-state index < -0.39 is 36.5 Å². The van der Waals surface area contributed by atoms with Gasteiger partial charge in [-0.25, -0.2) is 0 Å². The molecule has 0 radical (unpaired) electrons. The maximum absolute atomic E-state index is 14.4. The number of hydrogen-bond acceptors (Lipinski definition) is 6. The van der Waals surface area contributed by atoms with Crippen LogP contribution in [0.15, 0.2) is 79.0 Å². The van der Waals surface area contributed by atoms with Crippen LogP contribution in [0.25, 0.3) is 10.9 Å². The van der Waals surface area contributed by atoms with Crippen molar-refractivity contribution >= 4 is 47.1 Å². The second-order valence-corrected chi connectivity index (χ2v) is 15.9. The number of fused-ring (bicyclic) bond motifs is 1. The van der Waals surface area contributed by atoms with E-state index in [0.717, 1.165) is 29.3 Å². The Hall–Kier alpha value is -4.61. The van der Waals surface area contributed by atoms with Crippen molar-refractivity contribution in [2.75, 3.05) is 11.1 Å². The number of aromatic nitrogens is 1. The summed E-state index contributed by atoms with van der Waals surface area (Å²) in [5.41, 5.74) is 9.12. The molecule has 4 fully saturated rings. The number of anilines is 2. The van der Waals surface area contributed by atoms with Crippen LogP contribution in [0, 0.1) is 23.2 Å². The Labute approximate surface area is 299 Å². The fraction of sp³-hybridized carbons (Fsp3) is 0.425. The molecule has 6 atom stereocenters. The lowest BCUT2D eigenvalue weighted by molar-refractivity contribution is -0.185. The van der Waals surface area contributed by atoms with Gasteiger partial charge in [0.2, 0.25) is 5.91 Å². The molecule has 1 aliphatic heterocycles. The van der Waals surface area contributed by atoms with Crippen LogP contribution in [0.3, 0.4) is 0 Å². The molecule has 3 aliphatic carbocycles. The van der Waals surface area contributed by atoms with Gasteiger partial charge in [-0.05, 0) is 91.3 Å². The number of H-pyrrole nitrogens is 1. The Morgan fingerprint density at radius 3 is 2.43 bits per heavy atom. The highest BCUT2D eigenvalue weighted by Gasteiger charge is 2.67. The molecule has 6 N–H and O–H groups in total. The Kier molecular flexibility index (Phi) is 9.22. The molecule has 1 saturated heterocycles. The summed E-state index contributed by atoms with van der Waals surface area (Å²) in [5, 5.41) is 10.0. The minimum absolute atomic E-state index is 0.0291. The third-order valence-electron chi connectivity index (χ3n) is 11.5. The number of aromatic amines is 1. The Bertz CT molecular complexity index is 1960. The molecule has 3 saturated carbocycles. The second-order valence-electron chi connectivity index (χ2n) is 15.9. The van der Waals surface area contributed by atoms with Gasteiger partial charge in [0.25, 0.3) is 11.8 Å². The first kappa shape index (κ1) is 34.8. The summed E-state index contributed by atoms with van der Waals surface area (Å²) >= 11 is 0. The molecule has 10 nitrogen and oxygen atoms in total. The Morgan fingerprint density at radius 1 is 0.961 bits per heavy atom. The molecule has 2 heterocycles. The lowest BCUT2D eigenvalue weighted by Gasteiger charge is -2.63. The van der Waals surface area contributed by atoms with E-state index in [1.807, 2.05) is 30.5 Å².